The number of hydrogen-bond acceptors (Lipinski definition) is 3. The van der Waals surface area contributed by atoms with Crippen LogP contribution >= 0.6 is 15.9 Å². The Balaban J connectivity index is 1.86. The molecule has 2 heterocycles. The van der Waals surface area contributed by atoms with Gasteiger partial charge in [-0.1, -0.05) is 0 Å². The predicted molar refractivity (Wildman–Crippen MR) is 94.2 cm³/mol. The van der Waals surface area contributed by atoms with Crippen molar-refractivity contribution in [2.45, 2.75) is 44.8 Å². The van der Waals surface area contributed by atoms with Crippen LogP contribution in [0.3, 0.4) is 0 Å². The summed E-state index contributed by atoms with van der Waals surface area (Å²) in [6, 6.07) is 2.29. The van der Waals surface area contributed by atoms with Crippen molar-refractivity contribution in [2.24, 2.45) is 0 Å². The smallest absolute Gasteiger partial charge is 0.150 e. The van der Waals surface area contributed by atoms with E-state index in [0.29, 0.717) is 0 Å². The Kier molecular flexibility index (Phi) is 4.16. The lowest BCUT2D eigenvalue weighted by atomic mass is 9.87. The van der Waals surface area contributed by atoms with E-state index in [4.69, 9.17) is 9.47 Å². The monoisotopic (exact) mass is 376 g/mol. The molecule has 5 heteroatoms. The van der Waals surface area contributed by atoms with Gasteiger partial charge in [-0.2, -0.15) is 5.10 Å². The maximum absolute atomic E-state index is 5.93. The highest BCUT2D eigenvalue weighted by Gasteiger charge is 2.24. The first kappa shape index (κ1) is 15.2. The molecule has 1 fully saturated rings. The first-order valence-corrected chi connectivity index (χ1v) is 9.11. The van der Waals surface area contributed by atoms with Crippen molar-refractivity contribution in [3.63, 3.8) is 0 Å². The molecule has 1 unspecified atom stereocenters. The highest BCUT2D eigenvalue weighted by Crippen LogP contribution is 2.41. The number of allylic oxidation sites excluding steroid dienone is 1. The maximum atomic E-state index is 5.93. The minimum Gasteiger partial charge on any atom is -0.504 e. The van der Waals surface area contributed by atoms with Crippen LogP contribution in [-0.2, 0) is 15.9 Å². The van der Waals surface area contributed by atoms with Crippen LogP contribution in [0, 0.1) is 0 Å². The Hall–Kier alpha value is -1.33. The SMILES string of the molecule is CO/C=C1\CCCc2cc3c(cnn3C3CCCCO3)c(Br)c21. The van der Waals surface area contributed by atoms with Gasteiger partial charge in [-0.3, -0.25) is 0 Å². The van der Waals surface area contributed by atoms with Crippen molar-refractivity contribution < 1.29 is 9.47 Å². The third kappa shape index (κ3) is 2.60. The summed E-state index contributed by atoms with van der Waals surface area (Å²) >= 11 is 3.82. The zero-order chi connectivity index (χ0) is 15.8. The van der Waals surface area contributed by atoms with Gasteiger partial charge in [-0.05, 0) is 77.2 Å². The lowest BCUT2D eigenvalue weighted by molar-refractivity contribution is -0.0366. The highest BCUT2D eigenvalue weighted by molar-refractivity contribution is 9.10. The number of hydrogen-bond donors (Lipinski definition) is 0. The van der Waals surface area contributed by atoms with Crippen molar-refractivity contribution in [2.75, 3.05) is 13.7 Å². The van der Waals surface area contributed by atoms with Crippen molar-refractivity contribution in [3.8, 4) is 0 Å². The fourth-order valence-electron chi connectivity index (χ4n) is 3.74. The fraction of sp³-hybridized carbons (Fsp3) is 0.500. The van der Waals surface area contributed by atoms with Gasteiger partial charge in [-0.25, -0.2) is 4.68 Å². The second-order valence-electron chi connectivity index (χ2n) is 6.30. The van der Waals surface area contributed by atoms with Crippen LogP contribution < -0.4 is 0 Å². The summed E-state index contributed by atoms with van der Waals surface area (Å²) in [6.45, 7) is 0.832. The molecule has 0 radical (unpaired) electrons. The number of nitrogens with zero attached hydrogens (tertiary/aromatic N) is 2. The Labute approximate surface area is 144 Å². The number of methoxy groups -OCH3 is 1. The molecule has 1 atom stereocenters. The largest absolute Gasteiger partial charge is 0.504 e. The van der Waals surface area contributed by atoms with Crippen LogP contribution in [0.25, 0.3) is 16.5 Å². The standard InChI is InChI=1S/C18H21BrN2O2/c1-22-11-13-6-4-5-12-9-15-14(18(19)17(12)13)10-20-21(15)16-7-2-3-8-23-16/h9-11,16H,2-8H2,1H3/b13-11+. The molecule has 2 aromatic rings. The summed E-state index contributed by atoms with van der Waals surface area (Å²) in [7, 11) is 1.71. The van der Waals surface area contributed by atoms with Crippen molar-refractivity contribution >= 4 is 32.4 Å². The quantitative estimate of drug-likeness (QED) is 0.704. The van der Waals surface area contributed by atoms with Gasteiger partial charge in [-0.15, -0.1) is 0 Å². The summed E-state index contributed by atoms with van der Waals surface area (Å²) in [5.74, 6) is 0. The minimum atomic E-state index is 0.0729. The number of rotatable bonds is 2. The topological polar surface area (TPSA) is 36.3 Å². The van der Waals surface area contributed by atoms with Crippen molar-refractivity contribution in [1.29, 1.82) is 0 Å². The van der Waals surface area contributed by atoms with Crippen molar-refractivity contribution in [3.05, 3.63) is 34.1 Å². The van der Waals surface area contributed by atoms with E-state index in [9.17, 15) is 0 Å². The second-order valence-corrected chi connectivity index (χ2v) is 7.09. The lowest BCUT2D eigenvalue weighted by Crippen LogP contribution is -2.19. The third-order valence-corrected chi connectivity index (χ3v) is 5.65. The zero-order valence-electron chi connectivity index (χ0n) is 13.3. The molecule has 0 saturated carbocycles. The van der Waals surface area contributed by atoms with Gasteiger partial charge >= 0.3 is 0 Å². The molecule has 1 aromatic heterocycles. The lowest BCUT2D eigenvalue weighted by Gasteiger charge is -2.25. The normalized spacial score (nSPS) is 23.2. The van der Waals surface area contributed by atoms with Crippen LogP contribution in [0.4, 0.5) is 0 Å². The molecule has 4 nitrogen and oxygen atoms in total. The Bertz CT molecular complexity index is 760. The van der Waals surface area contributed by atoms with Gasteiger partial charge in [0.15, 0.2) is 6.23 Å². The van der Waals surface area contributed by atoms with Gasteiger partial charge in [0, 0.05) is 16.5 Å². The number of benzene rings is 1. The molecule has 1 aliphatic carbocycles. The van der Waals surface area contributed by atoms with Gasteiger partial charge in [0.05, 0.1) is 25.1 Å². The Morgan fingerprint density at radius 1 is 1.35 bits per heavy atom. The van der Waals surface area contributed by atoms with E-state index >= 15 is 0 Å². The summed E-state index contributed by atoms with van der Waals surface area (Å²) in [5.41, 5.74) is 5.09. The summed E-state index contributed by atoms with van der Waals surface area (Å²) < 4.78 is 14.4. The molecule has 0 bridgehead atoms. The van der Waals surface area contributed by atoms with E-state index in [2.05, 4.69) is 31.8 Å². The van der Waals surface area contributed by atoms with Gasteiger partial charge in [0.2, 0.25) is 0 Å². The molecule has 23 heavy (non-hydrogen) atoms. The number of aryl methyl sites for hydroxylation is 1. The van der Waals surface area contributed by atoms with Gasteiger partial charge in [0.1, 0.15) is 0 Å². The average molecular weight is 377 g/mol. The number of ether oxygens (including phenoxy) is 2. The van der Waals surface area contributed by atoms with Crippen LogP contribution in [0.2, 0.25) is 0 Å². The fourth-order valence-corrected chi connectivity index (χ4v) is 4.56. The summed E-state index contributed by atoms with van der Waals surface area (Å²) in [5, 5.41) is 5.79. The average Bonchev–Trinajstić information content (AvgIpc) is 3.00. The minimum absolute atomic E-state index is 0.0729. The molecule has 1 saturated heterocycles. The first-order valence-electron chi connectivity index (χ1n) is 8.32. The molecule has 0 amide bonds. The van der Waals surface area contributed by atoms with E-state index in [0.717, 1.165) is 48.6 Å². The van der Waals surface area contributed by atoms with Gasteiger partial charge < -0.3 is 9.47 Å². The molecule has 4 rings (SSSR count). The molecule has 122 valence electrons. The predicted octanol–water partition coefficient (Wildman–Crippen LogP) is 4.82. The molecular weight excluding hydrogens is 356 g/mol. The van der Waals surface area contributed by atoms with E-state index in [-0.39, 0.29) is 6.23 Å². The van der Waals surface area contributed by atoms with Crippen molar-refractivity contribution in [1.82, 2.24) is 9.78 Å². The number of halogens is 1. The summed E-state index contributed by atoms with van der Waals surface area (Å²) in [6.07, 6.45) is 10.6. The molecular formula is C18H21BrN2O2. The van der Waals surface area contributed by atoms with E-state index in [1.165, 1.54) is 28.6 Å². The molecule has 0 spiro atoms. The first-order chi connectivity index (χ1) is 11.3. The van der Waals surface area contributed by atoms with Crippen LogP contribution in [-0.4, -0.2) is 23.5 Å². The van der Waals surface area contributed by atoms with Crippen LogP contribution in [0.1, 0.15) is 49.5 Å². The maximum Gasteiger partial charge on any atom is 0.150 e. The Morgan fingerprint density at radius 2 is 2.26 bits per heavy atom. The van der Waals surface area contributed by atoms with Gasteiger partial charge in [0.25, 0.3) is 0 Å². The number of aromatic nitrogens is 2. The highest BCUT2D eigenvalue weighted by atomic mass is 79.9. The van der Waals surface area contributed by atoms with E-state index in [1.54, 1.807) is 7.11 Å². The Morgan fingerprint density at radius 3 is 3.04 bits per heavy atom. The van der Waals surface area contributed by atoms with E-state index < -0.39 is 0 Å². The zero-order valence-corrected chi connectivity index (χ0v) is 14.9. The number of fused-ring (bicyclic) bond motifs is 2. The van der Waals surface area contributed by atoms with Crippen LogP contribution in [0.5, 0.6) is 0 Å². The third-order valence-electron chi connectivity index (χ3n) is 4.82. The molecule has 2 aliphatic rings. The molecule has 1 aliphatic heterocycles. The molecule has 0 N–H and O–H groups in total. The second kappa shape index (κ2) is 6.29. The van der Waals surface area contributed by atoms with Crippen LogP contribution in [0.15, 0.2) is 23.0 Å². The van der Waals surface area contributed by atoms with E-state index in [1.807, 2.05) is 12.5 Å². The summed E-state index contributed by atoms with van der Waals surface area (Å²) in [4.78, 5) is 0. The molecule has 1 aromatic carbocycles.